The van der Waals surface area contributed by atoms with Crippen LogP contribution in [0.2, 0.25) is 5.02 Å². The normalized spacial score (nSPS) is 10.5. The third kappa shape index (κ3) is 5.10. The lowest BCUT2D eigenvalue weighted by molar-refractivity contribution is -0.112. The Morgan fingerprint density at radius 2 is 2.04 bits per heavy atom. The van der Waals surface area contributed by atoms with E-state index in [9.17, 15) is 14.4 Å². The van der Waals surface area contributed by atoms with Crippen molar-refractivity contribution in [1.29, 1.82) is 5.26 Å². The zero-order valence-electron chi connectivity index (χ0n) is 12.9. The fourth-order valence-corrected chi connectivity index (χ4v) is 2.05. The number of hydrogen-bond acceptors (Lipinski definition) is 3. The molecule has 2 aromatic rings. The molecule has 0 aliphatic carbocycles. The van der Waals surface area contributed by atoms with Crippen molar-refractivity contribution in [3.63, 3.8) is 0 Å². The number of halogens is 2. The van der Waals surface area contributed by atoms with Gasteiger partial charge in [-0.3, -0.25) is 4.79 Å². The number of nitrogens with one attached hydrogen (secondary N) is 1. The molecule has 6 heteroatoms. The molecule has 0 heterocycles. The number of anilines is 1. The molecule has 0 bridgehead atoms. The predicted molar refractivity (Wildman–Crippen MR) is 94.4 cm³/mol. The molecule has 0 spiro atoms. The fourth-order valence-electron chi connectivity index (χ4n) is 1.87. The minimum Gasteiger partial charge on any atom is -0.481 e. The molecule has 25 heavy (non-hydrogen) atoms. The van der Waals surface area contributed by atoms with Crippen molar-refractivity contribution in [2.45, 2.75) is 0 Å². The van der Waals surface area contributed by atoms with Crippen molar-refractivity contribution in [2.75, 3.05) is 11.9 Å². The monoisotopic (exact) mass is 354 g/mol. The average Bonchev–Trinajstić information content (AvgIpc) is 2.62. The van der Waals surface area contributed by atoms with Crippen LogP contribution in [0.25, 0.3) is 6.08 Å². The number of carbonyl (C=O) groups is 1. The highest BCUT2D eigenvalue weighted by Gasteiger charge is 2.11. The molecule has 2 aromatic carbocycles. The van der Waals surface area contributed by atoms with Crippen LogP contribution in [0.4, 0.5) is 10.1 Å². The van der Waals surface area contributed by atoms with Crippen LogP contribution in [0, 0.1) is 29.5 Å². The maximum Gasteiger partial charge on any atom is 0.266 e. The number of nitrogens with zero attached hydrogens (tertiary/aromatic N) is 1. The molecule has 4 nitrogen and oxygen atoms in total. The van der Waals surface area contributed by atoms with Gasteiger partial charge in [-0.2, -0.15) is 5.26 Å². The number of hydrogen-bond donors (Lipinski definition) is 1. The minimum absolute atomic E-state index is 0.113. The van der Waals surface area contributed by atoms with Gasteiger partial charge in [-0.15, -0.1) is 6.42 Å². The van der Waals surface area contributed by atoms with Crippen molar-refractivity contribution in [3.05, 3.63) is 64.4 Å². The third-order valence-corrected chi connectivity index (χ3v) is 3.35. The number of benzene rings is 2. The Labute approximate surface area is 149 Å². The van der Waals surface area contributed by atoms with Gasteiger partial charge < -0.3 is 10.1 Å². The summed E-state index contributed by atoms with van der Waals surface area (Å²) in [6, 6.07) is 12.3. The van der Waals surface area contributed by atoms with E-state index in [-0.39, 0.29) is 22.9 Å². The summed E-state index contributed by atoms with van der Waals surface area (Å²) in [5.41, 5.74) is 0.810. The van der Waals surface area contributed by atoms with Crippen LogP contribution < -0.4 is 10.1 Å². The molecular formula is C19H12ClFN2O2. The fraction of sp³-hybridized carbons (Fsp3) is 0.0526. The molecule has 2 rings (SSSR count). The quantitative estimate of drug-likeness (QED) is 0.501. The molecule has 0 aromatic heterocycles. The number of carbonyl (C=O) groups excluding carboxylic acids is 1. The standard InChI is InChI=1S/C19H12ClFN2O2/c1-2-9-25-16-6-3-13(4-7-16)10-14(12-22)19(24)23-15-5-8-18(21)17(20)11-15/h1,3-8,10-11H,9H2,(H,23,24)/b14-10-. The Morgan fingerprint density at radius 1 is 1.32 bits per heavy atom. The predicted octanol–water partition coefficient (Wildman–Crippen LogP) is 4.04. The van der Waals surface area contributed by atoms with Crippen molar-refractivity contribution in [2.24, 2.45) is 0 Å². The number of rotatable bonds is 5. The lowest BCUT2D eigenvalue weighted by atomic mass is 10.1. The van der Waals surface area contributed by atoms with Gasteiger partial charge >= 0.3 is 0 Å². The lowest BCUT2D eigenvalue weighted by Crippen LogP contribution is -2.13. The largest absolute Gasteiger partial charge is 0.481 e. The van der Waals surface area contributed by atoms with E-state index in [2.05, 4.69) is 11.2 Å². The van der Waals surface area contributed by atoms with Crippen molar-refractivity contribution < 1.29 is 13.9 Å². The van der Waals surface area contributed by atoms with Gasteiger partial charge in [-0.1, -0.05) is 29.7 Å². The molecule has 0 saturated carbocycles. The second-order valence-electron chi connectivity index (χ2n) is 4.81. The molecule has 0 aliphatic rings. The molecule has 0 aliphatic heterocycles. The molecule has 0 radical (unpaired) electrons. The first-order valence-corrected chi connectivity index (χ1v) is 7.46. The van der Waals surface area contributed by atoms with Gasteiger partial charge in [0, 0.05) is 5.69 Å². The highest BCUT2D eigenvalue weighted by molar-refractivity contribution is 6.31. The summed E-state index contributed by atoms with van der Waals surface area (Å²) in [5.74, 6) is 1.72. The van der Waals surface area contributed by atoms with Gasteiger partial charge in [0.1, 0.15) is 29.8 Å². The van der Waals surface area contributed by atoms with Crippen LogP contribution in [0.5, 0.6) is 5.75 Å². The maximum atomic E-state index is 13.1. The average molecular weight is 355 g/mol. The zero-order chi connectivity index (χ0) is 18.2. The second-order valence-corrected chi connectivity index (χ2v) is 5.22. The van der Waals surface area contributed by atoms with Gasteiger partial charge in [0.15, 0.2) is 0 Å². The number of terminal acetylenes is 1. The van der Waals surface area contributed by atoms with Crippen molar-refractivity contribution in [3.8, 4) is 24.2 Å². The van der Waals surface area contributed by atoms with Gasteiger partial charge in [0.05, 0.1) is 5.02 Å². The first kappa shape index (κ1) is 18.1. The number of amides is 1. The minimum atomic E-state index is -0.627. The first-order chi connectivity index (χ1) is 12.0. The smallest absolute Gasteiger partial charge is 0.266 e. The van der Waals surface area contributed by atoms with Gasteiger partial charge in [0.2, 0.25) is 0 Å². The van der Waals surface area contributed by atoms with E-state index in [1.54, 1.807) is 24.3 Å². The topological polar surface area (TPSA) is 62.1 Å². The molecule has 124 valence electrons. The summed E-state index contributed by atoms with van der Waals surface area (Å²) in [6.07, 6.45) is 6.53. The SMILES string of the molecule is C#CCOc1ccc(/C=C(/C#N)C(=O)Nc2ccc(F)c(Cl)c2)cc1. The molecule has 0 atom stereocenters. The Kier molecular flexibility index (Phi) is 6.17. The summed E-state index contributed by atoms with van der Waals surface area (Å²) >= 11 is 5.66. The van der Waals surface area contributed by atoms with Crippen LogP contribution in [0.1, 0.15) is 5.56 Å². The molecular weight excluding hydrogens is 343 g/mol. The van der Waals surface area contributed by atoms with E-state index >= 15 is 0 Å². The van der Waals surface area contributed by atoms with Crippen molar-refractivity contribution in [1.82, 2.24) is 0 Å². The first-order valence-electron chi connectivity index (χ1n) is 7.08. The maximum absolute atomic E-state index is 13.1. The summed E-state index contributed by atoms with van der Waals surface area (Å²) in [6.45, 7) is 0.154. The highest BCUT2D eigenvalue weighted by Crippen LogP contribution is 2.20. The van der Waals surface area contributed by atoms with E-state index in [0.717, 1.165) is 6.07 Å². The van der Waals surface area contributed by atoms with Crippen LogP contribution in [0.3, 0.4) is 0 Å². The van der Waals surface area contributed by atoms with Gasteiger partial charge in [-0.25, -0.2) is 4.39 Å². The van der Waals surface area contributed by atoms with E-state index in [0.29, 0.717) is 11.3 Å². The summed E-state index contributed by atoms with van der Waals surface area (Å²) in [4.78, 5) is 12.2. The summed E-state index contributed by atoms with van der Waals surface area (Å²) in [5, 5.41) is 11.6. The van der Waals surface area contributed by atoms with Gasteiger partial charge in [-0.05, 0) is 42.0 Å². The second kappa shape index (κ2) is 8.54. The van der Waals surface area contributed by atoms with E-state index < -0.39 is 11.7 Å². The Hall–Kier alpha value is -3.28. The van der Waals surface area contributed by atoms with Crippen LogP contribution in [-0.4, -0.2) is 12.5 Å². The van der Waals surface area contributed by atoms with E-state index in [1.165, 1.54) is 18.2 Å². The molecule has 0 saturated heterocycles. The summed E-state index contributed by atoms with van der Waals surface area (Å²) < 4.78 is 18.4. The van der Waals surface area contributed by atoms with Crippen LogP contribution in [0.15, 0.2) is 48.0 Å². The van der Waals surface area contributed by atoms with Gasteiger partial charge in [0.25, 0.3) is 5.91 Å². The third-order valence-electron chi connectivity index (χ3n) is 3.06. The zero-order valence-corrected chi connectivity index (χ0v) is 13.7. The Balaban J connectivity index is 2.13. The highest BCUT2D eigenvalue weighted by atomic mass is 35.5. The molecule has 0 unspecified atom stereocenters. The summed E-state index contributed by atoms with van der Waals surface area (Å²) in [7, 11) is 0. The van der Waals surface area contributed by atoms with E-state index in [4.69, 9.17) is 22.8 Å². The van der Waals surface area contributed by atoms with Crippen LogP contribution >= 0.6 is 11.6 Å². The Morgan fingerprint density at radius 3 is 2.64 bits per heavy atom. The molecule has 1 amide bonds. The lowest BCUT2D eigenvalue weighted by Gasteiger charge is -2.06. The molecule has 1 N–H and O–H groups in total. The van der Waals surface area contributed by atoms with E-state index in [1.807, 2.05) is 6.07 Å². The Bertz CT molecular complexity index is 893. The molecule has 0 fully saturated rings. The number of nitriles is 1. The van der Waals surface area contributed by atoms with Crippen molar-refractivity contribution >= 4 is 29.3 Å². The number of ether oxygens (including phenoxy) is 1. The van der Waals surface area contributed by atoms with Crippen LogP contribution in [-0.2, 0) is 4.79 Å².